The lowest BCUT2D eigenvalue weighted by atomic mass is 10.1. The van der Waals surface area contributed by atoms with E-state index in [2.05, 4.69) is 34.5 Å². The third-order valence-corrected chi connectivity index (χ3v) is 5.05. The number of nitrogens with zero attached hydrogens (tertiary/aromatic N) is 1. The highest BCUT2D eigenvalue weighted by molar-refractivity contribution is 5.80. The molecule has 4 nitrogen and oxygen atoms in total. The van der Waals surface area contributed by atoms with Crippen LogP contribution in [0.1, 0.15) is 42.9 Å². The van der Waals surface area contributed by atoms with E-state index in [9.17, 15) is 4.79 Å². The van der Waals surface area contributed by atoms with Crippen molar-refractivity contribution in [3.8, 4) is 5.75 Å². The van der Waals surface area contributed by atoms with Gasteiger partial charge in [-0.3, -0.25) is 9.69 Å². The predicted molar refractivity (Wildman–Crippen MR) is 109 cm³/mol. The number of ether oxygens (including phenoxy) is 1. The second-order valence-electron chi connectivity index (χ2n) is 7.44. The summed E-state index contributed by atoms with van der Waals surface area (Å²) in [6, 6.07) is 16.3. The zero-order valence-electron chi connectivity index (χ0n) is 16.4. The number of likely N-dealkylation sites (tertiary alicyclic amines) is 1. The van der Waals surface area contributed by atoms with Crippen LogP contribution in [0.25, 0.3) is 0 Å². The van der Waals surface area contributed by atoms with Crippen LogP contribution in [0.15, 0.2) is 48.5 Å². The fraction of sp³-hybridized carbons (Fsp3) is 0.435. The molecule has 0 radical (unpaired) electrons. The van der Waals surface area contributed by atoms with Gasteiger partial charge in [0.05, 0.1) is 0 Å². The number of nitrogens with one attached hydrogen (secondary N) is 1. The number of rotatable bonds is 7. The van der Waals surface area contributed by atoms with Gasteiger partial charge >= 0.3 is 0 Å². The molecule has 2 aromatic rings. The molecule has 27 heavy (non-hydrogen) atoms. The Morgan fingerprint density at radius 2 is 1.63 bits per heavy atom. The van der Waals surface area contributed by atoms with Crippen LogP contribution in [0.2, 0.25) is 0 Å². The Bertz CT molecular complexity index is 719. The molecule has 0 saturated carbocycles. The van der Waals surface area contributed by atoms with Crippen LogP contribution < -0.4 is 10.1 Å². The molecule has 1 saturated heterocycles. The predicted octanol–water partition coefficient (Wildman–Crippen LogP) is 4.06. The zero-order valence-corrected chi connectivity index (χ0v) is 16.4. The van der Waals surface area contributed by atoms with Crippen LogP contribution >= 0.6 is 0 Å². The molecule has 2 aromatic carbocycles. The molecular formula is C23H30N2O2. The van der Waals surface area contributed by atoms with Crippen molar-refractivity contribution in [2.75, 3.05) is 13.1 Å². The lowest BCUT2D eigenvalue weighted by molar-refractivity contribution is -0.127. The number of benzene rings is 2. The van der Waals surface area contributed by atoms with Crippen molar-refractivity contribution in [2.45, 2.75) is 52.3 Å². The Labute approximate surface area is 162 Å². The maximum Gasteiger partial charge on any atom is 0.261 e. The highest BCUT2D eigenvalue weighted by Gasteiger charge is 2.14. The summed E-state index contributed by atoms with van der Waals surface area (Å²) in [5.41, 5.74) is 3.61. The Balaban J connectivity index is 1.44. The number of amides is 1. The summed E-state index contributed by atoms with van der Waals surface area (Å²) in [5, 5.41) is 2.96. The quantitative estimate of drug-likeness (QED) is 0.803. The first-order valence-electron chi connectivity index (χ1n) is 9.91. The topological polar surface area (TPSA) is 41.6 Å². The van der Waals surface area contributed by atoms with E-state index in [0.717, 1.165) is 12.1 Å². The first-order chi connectivity index (χ1) is 13.1. The van der Waals surface area contributed by atoms with E-state index in [1.54, 1.807) is 6.92 Å². The van der Waals surface area contributed by atoms with E-state index in [0.29, 0.717) is 12.3 Å². The largest absolute Gasteiger partial charge is 0.481 e. The summed E-state index contributed by atoms with van der Waals surface area (Å²) in [5.74, 6) is 0.610. The zero-order chi connectivity index (χ0) is 19.1. The average molecular weight is 367 g/mol. The third kappa shape index (κ3) is 6.10. The van der Waals surface area contributed by atoms with Gasteiger partial charge in [0.2, 0.25) is 0 Å². The molecule has 1 atom stereocenters. The summed E-state index contributed by atoms with van der Waals surface area (Å²) >= 11 is 0. The number of carbonyl (C=O) groups excluding carboxylic acids is 1. The second-order valence-corrected chi connectivity index (χ2v) is 7.44. The van der Waals surface area contributed by atoms with E-state index in [-0.39, 0.29) is 5.91 Å². The first-order valence-corrected chi connectivity index (χ1v) is 9.91. The highest BCUT2D eigenvalue weighted by Crippen LogP contribution is 2.15. The highest BCUT2D eigenvalue weighted by atomic mass is 16.5. The average Bonchev–Trinajstić information content (AvgIpc) is 2.69. The Morgan fingerprint density at radius 3 is 2.30 bits per heavy atom. The van der Waals surface area contributed by atoms with Gasteiger partial charge in [-0.15, -0.1) is 0 Å². The molecule has 144 valence electrons. The van der Waals surface area contributed by atoms with E-state index < -0.39 is 6.10 Å². The maximum atomic E-state index is 12.3. The van der Waals surface area contributed by atoms with Crippen molar-refractivity contribution in [2.24, 2.45) is 0 Å². The molecule has 0 aliphatic carbocycles. The maximum absolute atomic E-state index is 12.3. The number of aryl methyl sites for hydroxylation is 1. The molecule has 3 rings (SSSR count). The van der Waals surface area contributed by atoms with E-state index >= 15 is 0 Å². The molecule has 1 N–H and O–H groups in total. The fourth-order valence-electron chi connectivity index (χ4n) is 3.35. The minimum absolute atomic E-state index is 0.104. The van der Waals surface area contributed by atoms with Gasteiger partial charge in [0.1, 0.15) is 5.75 Å². The minimum atomic E-state index is -0.522. The number of carbonyl (C=O) groups is 1. The molecule has 1 amide bonds. The van der Waals surface area contributed by atoms with Crippen LogP contribution in [0.5, 0.6) is 5.75 Å². The Morgan fingerprint density at radius 1 is 1.00 bits per heavy atom. The standard InChI is InChI=1S/C23H30N2O2/c1-18-6-12-22(13-7-18)27-19(2)23(26)24-16-20-8-10-21(11-9-20)17-25-14-4-3-5-15-25/h6-13,19H,3-5,14-17H2,1-2H3,(H,24,26)/t19-/m1/s1. The van der Waals surface area contributed by atoms with E-state index in [1.807, 2.05) is 31.2 Å². The fourth-order valence-corrected chi connectivity index (χ4v) is 3.35. The number of piperidine rings is 1. The summed E-state index contributed by atoms with van der Waals surface area (Å²) in [7, 11) is 0. The van der Waals surface area contributed by atoms with Crippen molar-refractivity contribution in [1.29, 1.82) is 0 Å². The summed E-state index contributed by atoms with van der Waals surface area (Å²) in [6.45, 7) is 7.75. The van der Waals surface area contributed by atoms with E-state index in [1.165, 1.54) is 43.5 Å². The monoisotopic (exact) mass is 366 g/mol. The minimum Gasteiger partial charge on any atom is -0.481 e. The summed E-state index contributed by atoms with van der Waals surface area (Å²) < 4.78 is 5.71. The second kappa shape index (κ2) is 9.56. The van der Waals surface area contributed by atoms with Crippen molar-refractivity contribution >= 4 is 5.91 Å². The third-order valence-electron chi connectivity index (χ3n) is 5.05. The first kappa shape index (κ1) is 19.4. The van der Waals surface area contributed by atoms with Crippen LogP contribution in [-0.2, 0) is 17.9 Å². The Hall–Kier alpha value is -2.33. The van der Waals surface area contributed by atoms with Crippen LogP contribution in [0, 0.1) is 6.92 Å². The van der Waals surface area contributed by atoms with E-state index in [4.69, 9.17) is 4.74 Å². The molecule has 0 spiro atoms. The molecule has 0 bridgehead atoms. The Kier molecular flexibility index (Phi) is 6.88. The smallest absolute Gasteiger partial charge is 0.261 e. The molecular weight excluding hydrogens is 336 g/mol. The number of hydrogen-bond donors (Lipinski definition) is 1. The van der Waals surface area contributed by atoms with Crippen molar-refractivity contribution in [3.05, 3.63) is 65.2 Å². The molecule has 1 aliphatic heterocycles. The normalized spacial score (nSPS) is 15.9. The molecule has 0 aromatic heterocycles. The van der Waals surface area contributed by atoms with Gasteiger partial charge in [0, 0.05) is 13.1 Å². The van der Waals surface area contributed by atoms with Gasteiger partial charge in [0.15, 0.2) is 6.10 Å². The summed E-state index contributed by atoms with van der Waals surface area (Å²) in [6.07, 6.45) is 3.47. The number of hydrogen-bond acceptors (Lipinski definition) is 3. The van der Waals surface area contributed by atoms with Crippen molar-refractivity contribution in [1.82, 2.24) is 10.2 Å². The lowest BCUT2D eigenvalue weighted by Gasteiger charge is -2.26. The molecule has 1 heterocycles. The van der Waals surface area contributed by atoms with Crippen LogP contribution in [0.4, 0.5) is 0 Å². The SMILES string of the molecule is Cc1ccc(O[C@H](C)C(=O)NCc2ccc(CN3CCCCC3)cc2)cc1. The van der Waals surface area contributed by atoms with Crippen molar-refractivity contribution in [3.63, 3.8) is 0 Å². The van der Waals surface area contributed by atoms with Crippen LogP contribution in [0.3, 0.4) is 0 Å². The molecule has 1 fully saturated rings. The van der Waals surface area contributed by atoms with Gasteiger partial charge in [-0.2, -0.15) is 0 Å². The lowest BCUT2D eigenvalue weighted by Crippen LogP contribution is -2.35. The summed E-state index contributed by atoms with van der Waals surface area (Å²) in [4.78, 5) is 14.8. The van der Waals surface area contributed by atoms with Gasteiger partial charge < -0.3 is 10.1 Å². The van der Waals surface area contributed by atoms with Gasteiger partial charge in [-0.05, 0) is 63.0 Å². The molecule has 1 aliphatic rings. The van der Waals surface area contributed by atoms with Crippen molar-refractivity contribution < 1.29 is 9.53 Å². The van der Waals surface area contributed by atoms with Crippen LogP contribution in [-0.4, -0.2) is 30.0 Å². The van der Waals surface area contributed by atoms with Gasteiger partial charge in [-0.1, -0.05) is 48.4 Å². The molecule has 0 unspecified atom stereocenters. The van der Waals surface area contributed by atoms with Gasteiger partial charge in [0.25, 0.3) is 5.91 Å². The molecule has 4 heteroatoms. The van der Waals surface area contributed by atoms with Gasteiger partial charge in [-0.25, -0.2) is 0 Å².